The molecule has 2 aromatic rings. The molecule has 1 aromatic carbocycles. The molecule has 2 nitrogen and oxygen atoms in total. The number of nitrogens with zero attached hydrogens (tertiary/aromatic N) is 1. The molecule has 0 bridgehead atoms. The molecule has 0 atom stereocenters. The lowest BCUT2D eigenvalue weighted by Crippen LogP contribution is -2.10. The van der Waals surface area contributed by atoms with Crippen LogP contribution in [0.3, 0.4) is 0 Å². The number of aliphatic hydroxyl groups is 1. The number of aromatic nitrogens is 1. The van der Waals surface area contributed by atoms with Crippen molar-refractivity contribution < 1.29 is 5.11 Å². The van der Waals surface area contributed by atoms with Crippen LogP contribution in [0, 0.1) is 6.92 Å². The van der Waals surface area contributed by atoms with E-state index in [9.17, 15) is 5.11 Å². The Hall–Kier alpha value is -1.54. The van der Waals surface area contributed by atoms with Crippen LogP contribution in [0.5, 0.6) is 0 Å². The highest BCUT2D eigenvalue weighted by atomic mass is 16.3. The average Bonchev–Trinajstić information content (AvgIpc) is 2.65. The zero-order chi connectivity index (χ0) is 14.2. The van der Waals surface area contributed by atoms with Crippen molar-refractivity contribution in [2.45, 2.75) is 39.7 Å². The molecular formula is C17H23NO. The number of aliphatic hydroxyl groups excluding tert-OH is 1. The van der Waals surface area contributed by atoms with Crippen LogP contribution in [0.2, 0.25) is 0 Å². The van der Waals surface area contributed by atoms with Gasteiger partial charge in [0.15, 0.2) is 0 Å². The average molecular weight is 257 g/mol. The highest BCUT2D eigenvalue weighted by Gasteiger charge is 2.14. The fourth-order valence-corrected chi connectivity index (χ4v) is 2.34. The quantitative estimate of drug-likeness (QED) is 0.870. The van der Waals surface area contributed by atoms with Gasteiger partial charge in [0.25, 0.3) is 0 Å². The summed E-state index contributed by atoms with van der Waals surface area (Å²) >= 11 is 0. The first-order valence-electron chi connectivity index (χ1n) is 6.71. The maximum Gasteiger partial charge on any atom is 0.0699 e. The Morgan fingerprint density at radius 2 is 1.68 bits per heavy atom. The zero-order valence-electron chi connectivity index (χ0n) is 12.5. The van der Waals surface area contributed by atoms with Crippen LogP contribution >= 0.6 is 0 Å². The summed E-state index contributed by atoms with van der Waals surface area (Å²) in [6.45, 7) is 8.80. The minimum Gasteiger partial charge on any atom is -0.392 e. The van der Waals surface area contributed by atoms with Gasteiger partial charge in [0.05, 0.1) is 6.61 Å². The number of benzene rings is 1. The molecule has 0 saturated heterocycles. The first-order chi connectivity index (χ1) is 8.84. The normalized spacial score (nSPS) is 11.9. The van der Waals surface area contributed by atoms with Crippen molar-refractivity contribution in [3.05, 3.63) is 47.2 Å². The van der Waals surface area contributed by atoms with Crippen molar-refractivity contribution in [1.82, 2.24) is 4.57 Å². The number of hydrogen-bond acceptors (Lipinski definition) is 1. The topological polar surface area (TPSA) is 25.2 Å². The molecule has 0 amide bonds. The molecule has 0 radical (unpaired) electrons. The molecule has 1 heterocycles. The third kappa shape index (κ3) is 2.59. The van der Waals surface area contributed by atoms with Gasteiger partial charge in [-0.1, -0.05) is 45.0 Å². The fourth-order valence-electron chi connectivity index (χ4n) is 2.34. The smallest absolute Gasteiger partial charge is 0.0699 e. The monoisotopic (exact) mass is 257 g/mol. The summed E-state index contributed by atoms with van der Waals surface area (Å²) < 4.78 is 2.14. The second-order valence-electron chi connectivity index (χ2n) is 6.18. The molecule has 0 aliphatic carbocycles. The summed E-state index contributed by atoms with van der Waals surface area (Å²) in [5.41, 5.74) is 5.98. The van der Waals surface area contributed by atoms with Gasteiger partial charge in [0.1, 0.15) is 0 Å². The molecule has 102 valence electrons. The van der Waals surface area contributed by atoms with Crippen LogP contribution in [0.15, 0.2) is 30.3 Å². The molecule has 1 aromatic heterocycles. The predicted molar refractivity (Wildman–Crippen MR) is 80.2 cm³/mol. The van der Waals surface area contributed by atoms with Gasteiger partial charge in [0, 0.05) is 18.4 Å². The Morgan fingerprint density at radius 3 is 2.11 bits per heavy atom. The third-order valence-electron chi connectivity index (χ3n) is 3.86. The summed E-state index contributed by atoms with van der Waals surface area (Å²) in [7, 11) is 2.04. The van der Waals surface area contributed by atoms with Crippen molar-refractivity contribution in [2.24, 2.45) is 7.05 Å². The fraction of sp³-hybridized carbons (Fsp3) is 0.412. The van der Waals surface area contributed by atoms with Crippen LogP contribution in [-0.2, 0) is 19.1 Å². The van der Waals surface area contributed by atoms with E-state index < -0.39 is 0 Å². The Labute approximate surface area is 115 Å². The molecule has 19 heavy (non-hydrogen) atoms. The van der Waals surface area contributed by atoms with Crippen LogP contribution in [-0.4, -0.2) is 9.67 Å². The third-order valence-corrected chi connectivity index (χ3v) is 3.86. The molecule has 0 fully saturated rings. The Balaban J connectivity index is 2.43. The van der Waals surface area contributed by atoms with Crippen molar-refractivity contribution in [2.75, 3.05) is 0 Å². The zero-order valence-corrected chi connectivity index (χ0v) is 12.5. The molecule has 1 N–H and O–H groups in total. The van der Waals surface area contributed by atoms with E-state index in [0.29, 0.717) is 0 Å². The summed E-state index contributed by atoms with van der Waals surface area (Å²) in [6, 6.07) is 10.8. The van der Waals surface area contributed by atoms with Gasteiger partial charge in [-0.25, -0.2) is 0 Å². The second-order valence-corrected chi connectivity index (χ2v) is 6.18. The van der Waals surface area contributed by atoms with Crippen molar-refractivity contribution in [1.29, 1.82) is 0 Å². The molecule has 0 unspecified atom stereocenters. The largest absolute Gasteiger partial charge is 0.392 e. The molecule has 0 aliphatic rings. The van der Waals surface area contributed by atoms with Crippen LogP contribution in [0.1, 0.15) is 37.6 Å². The van der Waals surface area contributed by atoms with Gasteiger partial charge in [-0.15, -0.1) is 0 Å². The Kier molecular flexibility index (Phi) is 3.55. The highest BCUT2D eigenvalue weighted by Crippen LogP contribution is 2.28. The lowest BCUT2D eigenvalue weighted by atomic mass is 9.86. The van der Waals surface area contributed by atoms with Gasteiger partial charge in [-0.3, -0.25) is 0 Å². The van der Waals surface area contributed by atoms with Gasteiger partial charge in [-0.2, -0.15) is 0 Å². The molecule has 0 aliphatic heterocycles. The second kappa shape index (κ2) is 4.86. The minimum absolute atomic E-state index is 0.0970. The van der Waals surface area contributed by atoms with Gasteiger partial charge in [0.2, 0.25) is 0 Å². The summed E-state index contributed by atoms with van der Waals surface area (Å²) in [6.07, 6.45) is 0. The van der Waals surface area contributed by atoms with E-state index in [1.54, 1.807) is 0 Å². The SMILES string of the molecule is Cc1c(CO)cc(-c2ccc(C(C)(C)C)cc2)n1C. The summed E-state index contributed by atoms with van der Waals surface area (Å²) in [5, 5.41) is 9.34. The van der Waals surface area contributed by atoms with E-state index in [-0.39, 0.29) is 12.0 Å². The molecule has 2 heteroatoms. The lowest BCUT2D eigenvalue weighted by molar-refractivity contribution is 0.281. The van der Waals surface area contributed by atoms with Crippen LogP contribution in [0.25, 0.3) is 11.3 Å². The Morgan fingerprint density at radius 1 is 1.11 bits per heavy atom. The van der Waals surface area contributed by atoms with E-state index in [2.05, 4.69) is 55.7 Å². The standard InChI is InChI=1S/C17H23NO/c1-12-14(11-19)10-16(18(12)5)13-6-8-15(9-7-13)17(2,3)4/h6-10,19H,11H2,1-5H3. The van der Waals surface area contributed by atoms with Crippen molar-refractivity contribution in [3.8, 4) is 11.3 Å². The van der Waals surface area contributed by atoms with E-state index in [1.165, 1.54) is 11.1 Å². The lowest BCUT2D eigenvalue weighted by Gasteiger charge is -2.19. The molecular weight excluding hydrogens is 234 g/mol. The maximum atomic E-state index is 9.34. The van der Waals surface area contributed by atoms with Gasteiger partial charge in [-0.05, 0) is 35.1 Å². The molecule has 0 spiro atoms. The first kappa shape index (κ1) is 13.9. The Bertz CT molecular complexity index is 571. The van der Waals surface area contributed by atoms with Gasteiger partial charge < -0.3 is 9.67 Å². The maximum absolute atomic E-state index is 9.34. The highest BCUT2D eigenvalue weighted by molar-refractivity contribution is 5.63. The molecule has 2 rings (SSSR count). The first-order valence-corrected chi connectivity index (χ1v) is 6.71. The van der Waals surface area contributed by atoms with Crippen LogP contribution < -0.4 is 0 Å². The van der Waals surface area contributed by atoms with Crippen molar-refractivity contribution in [3.63, 3.8) is 0 Å². The van der Waals surface area contributed by atoms with E-state index in [0.717, 1.165) is 17.0 Å². The van der Waals surface area contributed by atoms with Gasteiger partial charge >= 0.3 is 0 Å². The van der Waals surface area contributed by atoms with E-state index >= 15 is 0 Å². The molecule has 0 saturated carbocycles. The summed E-state index contributed by atoms with van der Waals surface area (Å²) in [4.78, 5) is 0. The van der Waals surface area contributed by atoms with Crippen LogP contribution in [0.4, 0.5) is 0 Å². The minimum atomic E-state index is 0.0970. The number of hydrogen-bond donors (Lipinski definition) is 1. The van der Waals surface area contributed by atoms with E-state index in [4.69, 9.17) is 0 Å². The van der Waals surface area contributed by atoms with E-state index in [1.807, 2.05) is 14.0 Å². The van der Waals surface area contributed by atoms with Crippen molar-refractivity contribution >= 4 is 0 Å². The number of rotatable bonds is 2. The predicted octanol–water partition coefficient (Wildman–Crippen LogP) is 3.79. The summed E-state index contributed by atoms with van der Waals surface area (Å²) in [5.74, 6) is 0.